The summed E-state index contributed by atoms with van der Waals surface area (Å²) in [6.45, 7) is 0. The van der Waals surface area contributed by atoms with Gasteiger partial charge in [-0.1, -0.05) is 11.6 Å². The Morgan fingerprint density at radius 1 is 1.40 bits per heavy atom. The number of halogens is 2. The maximum Gasteiger partial charge on any atom is 0.283 e. The van der Waals surface area contributed by atoms with E-state index in [-0.39, 0.29) is 20.9 Å². The lowest BCUT2D eigenvalue weighted by Crippen LogP contribution is -2.12. The first kappa shape index (κ1) is 14.4. The van der Waals surface area contributed by atoms with Crippen molar-refractivity contribution < 1.29 is 9.72 Å². The zero-order chi connectivity index (χ0) is 14.7. The summed E-state index contributed by atoms with van der Waals surface area (Å²) in [5.41, 5.74) is 0.554. The molecule has 0 aliphatic carbocycles. The third-order valence-corrected chi connectivity index (χ3v) is 3.34. The Kier molecular flexibility index (Phi) is 4.31. The highest BCUT2D eigenvalue weighted by atomic mass is 79.9. The lowest BCUT2D eigenvalue weighted by molar-refractivity contribution is -0.385. The van der Waals surface area contributed by atoms with Gasteiger partial charge in [-0.3, -0.25) is 14.9 Å². The van der Waals surface area contributed by atoms with Crippen molar-refractivity contribution in [2.45, 2.75) is 0 Å². The third kappa shape index (κ3) is 3.12. The van der Waals surface area contributed by atoms with E-state index in [2.05, 4.69) is 26.2 Å². The number of amides is 1. The molecule has 0 aliphatic heterocycles. The van der Waals surface area contributed by atoms with Gasteiger partial charge in [-0.05, 0) is 40.2 Å². The van der Waals surface area contributed by atoms with Crippen molar-refractivity contribution in [1.29, 1.82) is 0 Å². The molecule has 0 aliphatic rings. The molecule has 0 radical (unpaired) electrons. The van der Waals surface area contributed by atoms with Gasteiger partial charge in [-0.25, -0.2) is 4.98 Å². The van der Waals surface area contributed by atoms with Crippen molar-refractivity contribution in [3.8, 4) is 0 Å². The normalized spacial score (nSPS) is 10.1. The molecular weight excluding hydrogens is 350 g/mol. The second kappa shape index (κ2) is 5.98. The average Bonchev–Trinajstić information content (AvgIpc) is 2.38. The van der Waals surface area contributed by atoms with E-state index in [9.17, 15) is 14.9 Å². The fraction of sp³-hybridized carbons (Fsp3) is 0. The van der Waals surface area contributed by atoms with Crippen molar-refractivity contribution in [3.05, 3.63) is 61.8 Å². The molecule has 0 unspecified atom stereocenters. The van der Waals surface area contributed by atoms with Crippen LogP contribution in [0.3, 0.4) is 0 Å². The summed E-state index contributed by atoms with van der Waals surface area (Å²) in [7, 11) is 0. The minimum Gasteiger partial charge on any atom is -0.322 e. The molecule has 0 saturated carbocycles. The van der Waals surface area contributed by atoms with Crippen LogP contribution >= 0.6 is 27.5 Å². The quantitative estimate of drug-likeness (QED) is 0.516. The van der Waals surface area contributed by atoms with Crippen LogP contribution in [0.1, 0.15) is 10.4 Å². The standard InChI is InChI=1S/C12H7BrClN3O3/c13-9-6-7(3-4-10(9)17(19)20)16-12(18)8-2-1-5-15-11(8)14/h1-6H,(H,16,18). The number of nitro benzene ring substituents is 1. The van der Waals surface area contributed by atoms with Crippen molar-refractivity contribution in [2.75, 3.05) is 5.32 Å². The minimum absolute atomic E-state index is 0.0811. The number of anilines is 1. The zero-order valence-corrected chi connectivity index (χ0v) is 12.2. The topological polar surface area (TPSA) is 85.1 Å². The number of carbonyl (C=O) groups excluding carboxylic acids is 1. The predicted octanol–water partition coefficient (Wildman–Crippen LogP) is 3.66. The van der Waals surface area contributed by atoms with E-state index < -0.39 is 10.8 Å². The summed E-state index contributed by atoms with van der Waals surface area (Å²) in [6.07, 6.45) is 1.47. The van der Waals surface area contributed by atoms with Crippen LogP contribution in [0.4, 0.5) is 11.4 Å². The Labute approximate surface area is 127 Å². The Morgan fingerprint density at radius 2 is 2.15 bits per heavy atom. The molecule has 1 aromatic carbocycles. The maximum absolute atomic E-state index is 12.0. The lowest BCUT2D eigenvalue weighted by Gasteiger charge is -2.06. The number of hydrogen-bond acceptors (Lipinski definition) is 4. The van der Waals surface area contributed by atoms with Gasteiger partial charge in [0.2, 0.25) is 0 Å². The summed E-state index contributed by atoms with van der Waals surface area (Å²) >= 11 is 8.89. The van der Waals surface area contributed by atoms with Gasteiger partial charge < -0.3 is 5.32 Å². The fourth-order valence-electron chi connectivity index (χ4n) is 1.49. The zero-order valence-electron chi connectivity index (χ0n) is 9.84. The monoisotopic (exact) mass is 355 g/mol. The lowest BCUT2D eigenvalue weighted by atomic mass is 10.2. The summed E-state index contributed by atoms with van der Waals surface area (Å²) in [5, 5.41) is 13.4. The van der Waals surface area contributed by atoms with Gasteiger partial charge in [0.25, 0.3) is 11.6 Å². The molecule has 0 spiro atoms. The molecule has 0 saturated heterocycles. The van der Waals surface area contributed by atoms with E-state index >= 15 is 0 Å². The van der Waals surface area contributed by atoms with E-state index in [4.69, 9.17) is 11.6 Å². The van der Waals surface area contributed by atoms with Gasteiger partial charge in [0.15, 0.2) is 0 Å². The molecule has 8 heteroatoms. The van der Waals surface area contributed by atoms with Gasteiger partial charge in [0.05, 0.1) is 15.0 Å². The molecule has 1 aromatic heterocycles. The number of benzene rings is 1. The van der Waals surface area contributed by atoms with Gasteiger partial charge in [0.1, 0.15) is 5.15 Å². The average molecular weight is 357 g/mol. The number of aromatic nitrogens is 1. The summed E-state index contributed by atoms with van der Waals surface area (Å²) in [5.74, 6) is -0.441. The van der Waals surface area contributed by atoms with Crippen molar-refractivity contribution in [1.82, 2.24) is 4.98 Å². The fourth-order valence-corrected chi connectivity index (χ4v) is 2.22. The van der Waals surface area contributed by atoms with Crippen LogP contribution < -0.4 is 5.32 Å². The third-order valence-electron chi connectivity index (χ3n) is 2.41. The summed E-state index contributed by atoms with van der Waals surface area (Å²) in [4.78, 5) is 25.9. The van der Waals surface area contributed by atoms with E-state index in [1.807, 2.05) is 0 Å². The van der Waals surface area contributed by atoms with Crippen LogP contribution in [0.25, 0.3) is 0 Å². The molecule has 1 N–H and O–H groups in total. The van der Waals surface area contributed by atoms with E-state index in [0.29, 0.717) is 5.69 Å². The Bertz CT molecular complexity index is 693. The minimum atomic E-state index is -0.520. The van der Waals surface area contributed by atoms with Crippen molar-refractivity contribution >= 4 is 44.8 Å². The van der Waals surface area contributed by atoms with Gasteiger partial charge in [-0.2, -0.15) is 0 Å². The van der Waals surface area contributed by atoms with Crippen LogP contribution in [0, 0.1) is 10.1 Å². The molecular formula is C12H7BrClN3O3. The SMILES string of the molecule is O=C(Nc1ccc([N+](=O)[O-])c(Br)c1)c1cccnc1Cl. The highest BCUT2D eigenvalue weighted by molar-refractivity contribution is 9.10. The van der Waals surface area contributed by atoms with Crippen LogP contribution in [-0.2, 0) is 0 Å². The van der Waals surface area contributed by atoms with E-state index in [1.165, 1.54) is 30.5 Å². The molecule has 102 valence electrons. The highest BCUT2D eigenvalue weighted by Gasteiger charge is 2.14. The van der Waals surface area contributed by atoms with Gasteiger partial charge >= 0.3 is 0 Å². The molecule has 2 aromatic rings. The Hall–Kier alpha value is -1.99. The van der Waals surface area contributed by atoms with Gasteiger partial charge in [0, 0.05) is 18.0 Å². The summed E-state index contributed by atoms with van der Waals surface area (Å²) in [6, 6.07) is 7.30. The number of hydrogen-bond donors (Lipinski definition) is 1. The smallest absolute Gasteiger partial charge is 0.283 e. The van der Waals surface area contributed by atoms with E-state index in [1.54, 1.807) is 6.07 Å². The summed E-state index contributed by atoms with van der Waals surface area (Å²) < 4.78 is 0.276. The number of pyridine rings is 1. The van der Waals surface area contributed by atoms with Gasteiger partial charge in [-0.15, -0.1) is 0 Å². The highest BCUT2D eigenvalue weighted by Crippen LogP contribution is 2.28. The maximum atomic E-state index is 12.0. The predicted molar refractivity (Wildman–Crippen MR) is 78.0 cm³/mol. The molecule has 1 amide bonds. The molecule has 1 heterocycles. The first-order chi connectivity index (χ1) is 9.49. The molecule has 20 heavy (non-hydrogen) atoms. The van der Waals surface area contributed by atoms with Crippen LogP contribution in [0.5, 0.6) is 0 Å². The van der Waals surface area contributed by atoms with Crippen molar-refractivity contribution in [3.63, 3.8) is 0 Å². The number of nitro groups is 1. The Balaban J connectivity index is 2.23. The number of carbonyl (C=O) groups is 1. The molecule has 0 fully saturated rings. The van der Waals surface area contributed by atoms with Crippen LogP contribution in [0.2, 0.25) is 5.15 Å². The number of rotatable bonds is 3. The second-order valence-corrected chi connectivity index (χ2v) is 4.93. The Morgan fingerprint density at radius 3 is 2.75 bits per heavy atom. The number of nitrogens with one attached hydrogen (secondary N) is 1. The molecule has 0 bridgehead atoms. The van der Waals surface area contributed by atoms with Crippen molar-refractivity contribution in [2.24, 2.45) is 0 Å². The molecule has 0 atom stereocenters. The first-order valence-electron chi connectivity index (χ1n) is 5.35. The first-order valence-corrected chi connectivity index (χ1v) is 6.52. The van der Waals surface area contributed by atoms with E-state index in [0.717, 1.165) is 0 Å². The molecule has 2 rings (SSSR count). The largest absolute Gasteiger partial charge is 0.322 e. The van der Waals surface area contributed by atoms with Crippen LogP contribution in [0.15, 0.2) is 41.0 Å². The van der Waals surface area contributed by atoms with Crippen LogP contribution in [-0.4, -0.2) is 15.8 Å². The second-order valence-electron chi connectivity index (χ2n) is 3.72. The number of nitrogens with zero attached hydrogens (tertiary/aromatic N) is 2. The molecule has 6 nitrogen and oxygen atoms in total.